The van der Waals surface area contributed by atoms with Crippen LogP contribution < -0.4 is 0 Å². The van der Waals surface area contributed by atoms with E-state index in [0.29, 0.717) is 0 Å². The Morgan fingerprint density at radius 3 is 2.15 bits per heavy atom. The zero-order valence-corrected chi connectivity index (χ0v) is 11.6. The second-order valence-corrected chi connectivity index (χ2v) is 5.10. The van der Waals surface area contributed by atoms with E-state index in [1.54, 1.807) is 0 Å². The van der Waals surface area contributed by atoms with Crippen LogP contribution in [0.5, 0.6) is 0 Å². The first-order chi connectivity index (χ1) is 9.78. The second-order valence-electron chi connectivity index (χ2n) is 5.10. The maximum Gasteiger partial charge on any atom is 0.104 e. The van der Waals surface area contributed by atoms with Gasteiger partial charge < -0.3 is 5.11 Å². The molecule has 0 aliphatic heterocycles. The van der Waals surface area contributed by atoms with Crippen molar-refractivity contribution in [3.05, 3.63) is 83.4 Å². The molecule has 0 fully saturated rings. The molecule has 0 aromatic heterocycles. The lowest BCUT2D eigenvalue weighted by atomic mass is 9.97. The number of aliphatic hydroxyl groups is 1. The molecule has 0 heterocycles. The molecule has 0 radical (unpaired) electrons. The fraction of sp³-hybridized carbons (Fsp3) is 0.158. The summed E-state index contributed by atoms with van der Waals surface area (Å²) in [7, 11) is 0. The van der Waals surface area contributed by atoms with Crippen LogP contribution in [-0.4, -0.2) is 5.11 Å². The van der Waals surface area contributed by atoms with Gasteiger partial charge in [-0.15, -0.1) is 0 Å². The van der Waals surface area contributed by atoms with Gasteiger partial charge in [0, 0.05) is 0 Å². The number of benzene rings is 3. The lowest BCUT2D eigenvalue weighted by Gasteiger charge is -2.13. The lowest BCUT2D eigenvalue weighted by molar-refractivity contribution is 0.220. The summed E-state index contributed by atoms with van der Waals surface area (Å²) < 4.78 is 0. The van der Waals surface area contributed by atoms with Crippen molar-refractivity contribution in [3.63, 3.8) is 0 Å². The lowest BCUT2D eigenvalue weighted by Crippen LogP contribution is -1.99. The molecule has 100 valence electrons. The Morgan fingerprint density at radius 1 is 0.800 bits per heavy atom. The van der Waals surface area contributed by atoms with Crippen LogP contribution in [0.1, 0.15) is 29.7 Å². The minimum Gasteiger partial charge on any atom is -0.384 e. The summed E-state index contributed by atoms with van der Waals surface area (Å²) in [5.74, 6) is 0. The quantitative estimate of drug-likeness (QED) is 0.737. The highest BCUT2D eigenvalue weighted by atomic mass is 16.3. The Labute approximate surface area is 119 Å². The third-order valence-electron chi connectivity index (χ3n) is 3.79. The molecule has 1 N–H and O–H groups in total. The SMILES string of the molecule is CCc1ccc(C(O)c2ccc3ccccc3c2)cc1. The first-order valence-electron chi connectivity index (χ1n) is 7.03. The van der Waals surface area contributed by atoms with Gasteiger partial charge in [-0.05, 0) is 39.9 Å². The molecule has 3 aromatic carbocycles. The highest BCUT2D eigenvalue weighted by molar-refractivity contribution is 5.83. The molecule has 3 rings (SSSR count). The van der Waals surface area contributed by atoms with Crippen LogP contribution in [0.25, 0.3) is 10.8 Å². The normalized spacial score (nSPS) is 12.5. The summed E-state index contributed by atoms with van der Waals surface area (Å²) in [4.78, 5) is 0. The molecule has 1 unspecified atom stereocenters. The van der Waals surface area contributed by atoms with Gasteiger partial charge in [-0.3, -0.25) is 0 Å². The zero-order valence-electron chi connectivity index (χ0n) is 11.6. The molecule has 3 aromatic rings. The van der Waals surface area contributed by atoms with E-state index in [1.165, 1.54) is 10.9 Å². The van der Waals surface area contributed by atoms with E-state index in [2.05, 4.69) is 43.3 Å². The summed E-state index contributed by atoms with van der Waals surface area (Å²) in [6, 6.07) is 22.5. The Kier molecular flexibility index (Phi) is 3.53. The maximum atomic E-state index is 10.5. The Hall–Kier alpha value is -2.12. The monoisotopic (exact) mass is 262 g/mol. The number of aliphatic hydroxyl groups excluding tert-OH is 1. The Bertz CT molecular complexity index is 713. The highest BCUT2D eigenvalue weighted by Crippen LogP contribution is 2.25. The average Bonchev–Trinajstić information content (AvgIpc) is 2.54. The third-order valence-corrected chi connectivity index (χ3v) is 3.79. The van der Waals surface area contributed by atoms with Crippen molar-refractivity contribution in [2.45, 2.75) is 19.4 Å². The van der Waals surface area contributed by atoms with Crippen LogP contribution in [0.3, 0.4) is 0 Å². The summed E-state index contributed by atoms with van der Waals surface area (Å²) >= 11 is 0. The van der Waals surface area contributed by atoms with E-state index in [9.17, 15) is 5.11 Å². The number of hydrogen-bond acceptors (Lipinski definition) is 1. The molecule has 0 aliphatic rings. The van der Waals surface area contributed by atoms with Gasteiger partial charge in [0.15, 0.2) is 0 Å². The molecule has 0 saturated heterocycles. The van der Waals surface area contributed by atoms with Gasteiger partial charge in [0.1, 0.15) is 6.10 Å². The van der Waals surface area contributed by atoms with Crippen LogP contribution >= 0.6 is 0 Å². The minimum absolute atomic E-state index is 0.564. The molecule has 0 amide bonds. The van der Waals surface area contributed by atoms with Gasteiger partial charge >= 0.3 is 0 Å². The van der Waals surface area contributed by atoms with Gasteiger partial charge in [0.2, 0.25) is 0 Å². The van der Waals surface area contributed by atoms with E-state index >= 15 is 0 Å². The molecule has 20 heavy (non-hydrogen) atoms. The topological polar surface area (TPSA) is 20.2 Å². The van der Waals surface area contributed by atoms with Gasteiger partial charge in [0.25, 0.3) is 0 Å². The van der Waals surface area contributed by atoms with Crippen molar-refractivity contribution < 1.29 is 5.11 Å². The van der Waals surface area contributed by atoms with Crippen molar-refractivity contribution in [3.8, 4) is 0 Å². The molecule has 0 aliphatic carbocycles. The minimum atomic E-state index is -0.564. The molecular weight excluding hydrogens is 244 g/mol. The third kappa shape index (κ3) is 2.45. The number of hydrogen-bond donors (Lipinski definition) is 1. The van der Waals surface area contributed by atoms with Gasteiger partial charge in [-0.2, -0.15) is 0 Å². The summed E-state index contributed by atoms with van der Waals surface area (Å²) in [6.07, 6.45) is 0.456. The average molecular weight is 262 g/mol. The molecule has 0 saturated carbocycles. The van der Waals surface area contributed by atoms with Crippen LogP contribution in [0.4, 0.5) is 0 Å². The summed E-state index contributed by atoms with van der Waals surface area (Å²) in [6.45, 7) is 2.13. The van der Waals surface area contributed by atoms with E-state index < -0.39 is 6.10 Å². The van der Waals surface area contributed by atoms with Crippen molar-refractivity contribution in [2.24, 2.45) is 0 Å². The molecule has 0 bridgehead atoms. The van der Waals surface area contributed by atoms with Crippen molar-refractivity contribution in [1.82, 2.24) is 0 Å². The first kappa shape index (κ1) is 12.9. The zero-order chi connectivity index (χ0) is 13.9. The first-order valence-corrected chi connectivity index (χ1v) is 7.03. The predicted octanol–water partition coefficient (Wildman–Crippen LogP) is 4.48. The number of aryl methyl sites for hydroxylation is 1. The molecule has 1 nitrogen and oxygen atoms in total. The van der Waals surface area contributed by atoms with E-state index in [4.69, 9.17) is 0 Å². The number of fused-ring (bicyclic) bond motifs is 1. The van der Waals surface area contributed by atoms with E-state index in [-0.39, 0.29) is 0 Å². The van der Waals surface area contributed by atoms with Crippen LogP contribution in [-0.2, 0) is 6.42 Å². The molecule has 0 spiro atoms. The molecule has 1 atom stereocenters. The highest BCUT2D eigenvalue weighted by Gasteiger charge is 2.10. The summed E-state index contributed by atoms with van der Waals surface area (Å²) in [5, 5.41) is 12.9. The van der Waals surface area contributed by atoms with Crippen molar-refractivity contribution >= 4 is 10.8 Å². The van der Waals surface area contributed by atoms with E-state index in [1.807, 2.05) is 30.3 Å². The molecular formula is C19H18O. The van der Waals surface area contributed by atoms with Gasteiger partial charge in [-0.25, -0.2) is 0 Å². The second kappa shape index (κ2) is 5.48. The molecule has 1 heteroatoms. The largest absolute Gasteiger partial charge is 0.384 e. The van der Waals surface area contributed by atoms with Gasteiger partial charge in [-0.1, -0.05) is 67.6 Å². The number of rotatable bonds is 3. The van der Waals surface area contributed by atoms with Crippen molar-refractivity contribution in [1.29, 1.82) is 0 Å². The Morgan fingerprint density at radius 2 is 1.45 bits per heavy atom. The van der Waals surface area contributed by atoms with Crippen LogP contribution in [0, 0.1) is 0 Å². The standard InChI is InChI=1S/C19H18O/c1-2-14-7-9-16(10-8-14)19(20)18-12-11-15-5-3-4-6-17(15)13-18/h3-13,19-20H,2H2,1H3. The van der Waals surface area contributed by atoms with E-state index in [0.717, 1.165) is 22.9 Å². The Balaban J connectivity index is 1.96. The maximum absolute atomic E-state index is 10.5. The van der Waals surface area contributed by atoms with Crippen LogP contribution in [0.2, 0.25) is 0 Å². The van der Waals surface area contributed by atoms with Crippen LogP contribution in [0.15, 0.2) is 66.7 Å². The summed E-state index contributed by atoms with van der Waals surface area (Å²) in [5.41, 5.74) is 3.17. The van der Waals surface area contributed by atoms with Crippen molar-refractivity contribution in [2.75, 3.05) is 0 Å². The fourth-order valence-electron chi connectivity index (χ4n) is 2.51. The predicted molar refractivity (Wildman–Crippen MR) is 83.8 cm³/mol. The smallest absolute Gasteiger partial charge is 0.104 e. The fourth-order valence-corrected chi connectivity index (χ4v) is 2.51. The van der Waals surface area contributed by atoms with Gasteiger partial charge in [0.05, 0.1) is 0 Å².